The van der Waals surface area contributed by atoms with Crippen molar-refractivity contribution >= 4 is 29.4 Å². The highest BCUT2D eigenvalue weighted by atomic mass is 32.2. The molecule has 0 unspecified atom stereocenters. The smallest absolute Gasteiger partial charge is 0.322 e. The minimum atomic E-state index is -0.301. The predicted molar refractivity (Wildman–Crippen MR) is 118 cm³/mol. The number of thioether (sulfide) groups is 1. The predicted octanol–water partition coefficient (Wildman–Crippen LogP) is 3.96. The van der Waals surface area contributed by atoms with E-state index in [9.17, 15) is 9.59 Å². The highest BCUT2D eigenvalue weighted by Gasteiger charge is 2.34. The van der Waals surface area contributed by atoms with E-state index in [0.29, 0.717) is 18.8 Å². The molecule has 1 N–H and O–H groups in total. The molecular weight excluding hydrogens is 384 g/mol. The van der Waals surface area contributed by atoms with Gasteiger partial charge in [-0.3, -0.25) is 4.79 Å². The Morgan fingerprint density at radius 1 is 1.28 bits per heavy atom. The molecule has 1 aliphatic carbocycles. The number of aryl methyl sites for hydroxylation is 1. The van der Waals surface area contributed by atoms with Gasteiger partial charge in [-0.15, -0.1) is 18.3 Å². The first-order valence-corrected chi connectivity index (χ1v) is 10.9. The van der Waals surface area contributed by atoms with E-state index in [1.54, 1.807) is 17.8 Å². The van der Waals surface area contributed by atoms with Crippen LogP contribution in [0, 0.1) is 0 Å². The molecule has 3 amide bonds. The summed E-state index contributed by atoms with van der Waals surface area (Å²) in [4.78, 5) is 30.3. The number of anilines is 1. The van der Waals surface area contributed by atoms with E-state index in [2.05, 4.69) is 11.9 Å². The number of amides is 3. The Morgan fingerprint density at radius 3 is 2.55 bits per heavy atom. The lowest BCUT2D eigenvalue weighted by Crippen LogP contribution is -2.45. The van der Waals surface area contributed by atoms with E-state index in [0.717, 1.165) is 23.4 Å². The molecule has 0 aliphatic heterocycles. The van der Waals surface area contributed by atoms with Crippen LogP contribution in [0.4, 0.5) is 10.5 Å². The minimum absolute atomic E-state index is 0.0294. The summed E-state index contributed by atoms with van der Waals surface area (Å²) < 4.78 is 2.02. The maximum absolute atomic E-state index is 13.0. The molecule has 1 fully saturated rings. The van der Waals surface area contributed by atoms with Crippen LogP contribution in [0.1, 0.15) is 18.5 Å². The molecule has 6 nitrogen and oxygen atoms in total. The third kappa shape index (κ3) is 5.67. The summed E-state index contributed by atoms with van der Waals surface area (Å²) in [6.07, 6.45) is 7.66. The molecule has 1 heterocycles. The van der Waals surface area contributed by atoms with Crippen molar-refractivity contribution in [1.82, 2.24) is 14.4 Å². The summed E-state index contributed by atoms with van der Waals surface area (Å²) in [5.74, 6) is -0.0385. The van der Waals surface area contributed by atoms with Crippen LogP contribution in [0.5, 0.6) is 0 Å². The molecule has 1 saturated carbocycles. The summed E-state index contributed by atoms with van der Waals surface area (Å²) in [6.45, 7) is 4.63. The number of carbonyl (C=O) groups is 2. The molecular formula is C22H28N4O2S. The van der Waals surface area contributed by atoms with Gasteiger partial charge < -0.3 is 19.7 Å². The Bertz CT molecular complexity index is 858. The maximum atomic E-state index is 13.0. The molecule has 0 bridgehead atoms. The molecule has 0 spiro atoms. The van der Waals surface area contributed by atoms with E-state index in [1.807, 2.05) is 65.4 Å². The Morgan fingerprint density at radius 2 is 2.00 bits per heavy atom. The number of hydrogen-bond acceptors (Lipinski definition) is 3. The first-order valence-electron chi connectivity index (χ1n) is 9.72. The van der Waals surface area contributed by atoms with E-state index in [1.165, 1.54) is 4.90 Å². The van der Waals surface area contributed by atoms with Gasteiger partial charge in [-0.1, -0.05) is 6.08 Å². The van der Waals surface area contributed by atoms with E-state index in [-0.39, 0.29) is 24.5 Å². The second kappa shape index (κ2) is 9.69. The van der Waals surface area contributed by atoms with Crippen molar-refractivity contribution in [2.45, 2.75) is 30.3 Å². The van der Waals surface area contributed by atoms with Crippen molar-refractivity contribution in [3.05, 3.63) is 60.9 Å². The van der Waals surface area contributed by atoms with Gasteiger partial charge in [-0.2, -0.15) is 0 Å². The molecule has 7 heteroatoms. The molecule has 0 atom stereocenters. The summed E-state index contributed by atoms with van der Waals surface area (Å²) >= 11 is 1.64. The molecule has 154 valence electrons. The van der Waals surface area contributed by atoms with Crippen LogP contribution >= 0.6 is 11.8 Å². The van der Waals surface area contributed by atoms with E-state index >= 15 is 0 Å². The summed E-state index contributed by atoms with van der Waals surface area (Å²) in [5, 5.41) is 2.88. The fourth-order valence-electron chi connectivity index (χ4n) is 3.15. The van der Waals surface area contributed by atoms with Crippen LogP contribution in [-0.2, 0) is 18.4 Å². The largest absolute Gasteiger partial charge is 0.353 e. The lowest BCUT2D eigenvalue weighted by atomic mass is 10.3. The van der Waals surface area contributed by atoms with Gasteiger partial charge in [0, 0.05) is 42.1 Å². The van der Waals surface area contributed by atoms with Crippen LogP contribution < -0.4 is 5.32 Å². The highest BCUT2D eigenvalue weighted by molar-refractivity contribution is 7.98. The summed E-state index contributed by atoms with van der Waals surface area (Å²) in [5.41, 5.74) is 1.79. The number of nitrogens with one attached hydrogen (secondary N) is 1. The molecule has 1 aromatic heterocycles. The Labute approximate surface area is 176 Å². The van der Waals surface area contributed by atoms with Crippen LogP contribution in [0.25, 0.3) is 0 Å². The molecule has 2 aromatic rings. The quantitative estimate of drug-likeness (QED) is 0.501. The Hall–Kier alpha value is -2.67. The molecule has 0 saturated heterocycles. The van der Waals surface area contributed by atoms with Gasteiger partial charge in [0.2, 0.25) is 5.91 Å². The first kappa shape index (κ1) is 21.0. The van der Waals surface area contributed by atoms with Crippen LogP contribution in [0.15, 0.2) is 60.1 Å². The number of rotatable bonds is 9. The van der Waals surface area contributed by atoms with Gasteiger partial charge in [-0.25, -0.2) is 4.79 Å². The summed E-state index contributed by atoms with van der Waals surface area (Å²) in [6, 6.07) is 11.6. The fraction of sp³-hybridized carbons (Fsp3) is 0.364. The van der Waals surface area contributed by atoms with Crippen molar-refractivity contribution in [1.29, 1.82) is 0 Å². The Kier molecular flexibility index (Phi) is 7.04. The lowest BCUT2D eigenvalue weighted by Gasteiger charge is -2.27. The van der Waals surface area contributed by atoms with Crippen LogP contribution in [0.3, 0.4) is 0 Å². The van der Waals surface area contributed by atoms with Crippen molar-refractivity contribution in [2.24, 2.45) is 7.05 Å². The van der Waals surface area contributed by atoms with Crippen molar-refractivity contribution in [3.8, 4) is 0 Å². The second-order valence-electron chi connectivity index (χ2n) is 7.19. The fourth-order valence-corrected chi connectivity index (χ4v) is 3.56. The van der Waals surface area contributed by atoms with Crippen molar-refractivity contribution in [3.63, 3.8) is 0 Å². The summed E-state index contributed by atoms with van der Waals surface area (Å²) in [7, 11) is 1.98. The van der Waals surface area contributed by atoms with Crippen LogP contribution in [0.2, 0.25) is 0 Å². The van der Waals surface area contributed by atoms with E-state index in [4.69, 9.17) is 0 Å². The minimum Gasteiger partial charge on any atom is -0.353 e. The normalized spacial score (nSPS) is 13.0. The van der Waals surface area contributed by atoms with Gasteiger partial charge in [-0.05, 0) is 55.5 Å². The third-order valence-corrected chi connectivity index (χ3v) is 5.74. The Balaban J connectivity index is 1.65. The zero-order chi connectivity index (χ0) is 20.8. The number of hydrogen-bond donors (Lipinski definition) is 1. The third-order valence-electron chi connectivity index (χ3n) is 5.00. The monoisotopic (exact) mass is 412 g/mol. The first-order chi connectivity index (χ1) is 14.0. The zero-order valence-electron chi connectivity index (χ0n) is 17.0. The molecule has 1 aliphatic rings. The number of nitrogens with zero attached hydrogens (tertiary/aromatic N) is 3. The van der Waals surface area contributed by atoms with Crippen molar-refractivity contribution < 1.29 is 9.59 Å². The van der Waals surface area contributed by atoms with Crippen molar-refractivity contribution in [2.75, 3.05) is 24.7 Å². The molecule has 1 aromatic carbocycles. The van der Waals surface area contributed by atoms with Gasteiger partial charge in [0.25, 0.3) is 0 Å². The van der Waals surface area contributed by atoms with Crippen LogP contribution in [-0.4, -0.2) is 51.7 Å². The van der Waals surface area contributed by atoms with Gasteiger partial charge >= 0.3 is 6.03 Å². The SMILES string of the molecule is C=CCN(CC(=O)N(Cc1cccn1C)C1CC1)C(=O)Nc1ccc(SC)cc1. The molecule has 3 rings (SSSR count). The number of benzene rings is 1. The van der Waals surface area contributed by atoms with Gasteiger partial charge in [0.1, 0.15) is 6.54 Å². The molecule has 29 heavy (non-hydrogen) atoms. The number of carbonyl (C=O) groups excluding carboxylic acids is 2. The topological polar surface area (TPSA) is 57.6 Å². The standard InChI is InChI=1S/C22H28N4O2S/c1-4-13-25(22(28)23-17-7-11-20(29-3)12-8-17)16-21(27)26(18-9-10-18)15-19-6-5-14-24(19)2/h4-8,11-12,14,18H,1,9-10,13,15-16H2,2-3H3,(H,23,28). The number of aromatic nitrogens is 1. The van der Waals surface area contributed by atoms with Gasteiger partial charge in [0.15, 0.2) is 0 Å². The molecule has 0 radical (unpaired) electrons. The average molecular weight is 413 g/mol. The van der Waals surface area contributed by atoms with Gasteiger partial charge in [0.05, 0.1) is 6.54 Å². The van der Waals surface area contributed by atoms with E-state index < -0.39 is 0 Å². The second-order valence-corrected chi connectivity index (χ2v) is 8.07. The highest BCUT2D eigenvalue weighted by Crippen LogP contribution is 2.28. The maximum Gasteiger partial charge on any atom is 0.322 e. The lowest BCUT2D eigenvalue weighted by molar-refractivity contribution is -0.133. The zero-order valence-corrected chi connectivity index (χ0v) is 17.8. The number of urea groups is 1. The average Bonchev–Trinajstić information content (AvgIpc) is 3.48.